The van der Waals surface area contributed by atoms with Crippen LogP contribution < -0.4 is 5.32 Å². The number of amides is 1. The van der Waals surface area contributed by atoms with Gasteiger partial charge in [0, 0.05) is 5.69 Å². The third-order valence-electron chi connectivity index (χ3n) is 4.56. The van der Waals surface area contributed by atoms with E-state index in [0.717, 1.165) is 18.2 Å². The first kappa shape index (κ1) is 16.5. The number of halogens is 3. The van der Waals surface area contributed by atoms with E-state index in [9.17, 15) is 18.0 Å². The highest BCUT2D eigenvalue weighted by Gasteiger charge is 2.39. The molecule has 0 saturated carbocycles. The molecule has 1 aromatic heterocycles. The quantitative estimate of drug-likeness (QED) is 0.865. The van der Waals surface area contributed by atoms with Gasteiger partial charge in [-0.25, -0.2) is 13.2 Å². The topological polar surface area (TPSA) is 57.8 Å². The van der Waals surface area contributed by atoms with Crippen molar-refractivity contribution in [2.24, 2.45) is 0 Å². The molecule has 24 heavy (non-hydrogen) atoms. The van der Waals surface area contributed by atoms with Crippen molar-refractivity contribution in [2.75, 3.05) is 5.32 Å². The van der Waals surface area contributed by atoms with Crippen LogP contribution in [0, 0.1) is 5.82 Å². The summed E-state index contributed by atoms with van der Waals surface area (Å²) in [6, 6.07) is 2.78. The van der Waals surface area contributed by atoms with Gasteiger partial charge in [0.1, 0.15) is 11.5 Å². The van der Waals surface area contributed by atoms with Gasteiger partial charge in [-0.2, -0.15) is 5.10 Å². The number of hydrogen-bond acceptors (Lipinski definition) is 2. The number of H-pyrrole nitrogens is 1. The molecule has 0 fully saturated rings. The van der Waals surface area contributed by atoms with Gasteiger partial charge in [0.05, 0.1) is 11.8 Å². The van der Waals surface area contributed by atoms with Crippen LogP contribution in [0.25, 0.3) is 0 Å². The van der Waals surface area contributed by atoms with Crippen molar-refractivity contribution >= 4 is 11.6 Å². The highest BCUT2D eigenvalue weighted by Crippen LogP contribution is 2.49. The fourth-order valence-electron chi connectivity index (χ4n) is 3.70. The van der Waals surface area contributed by atoms with Gasteiger partial charge < -0.3 is 5.32 Å². The molecule has 1 amide bonds. The number of aromatic nitrogens is 2. The lowest BCUT2D eigenvalue weighted by molar-refractivity contribution is 0.101. The molecule has 0 bridgehead atoms. The molecule has 1 aliphatic rings. The van der Waals surface area contributed by atoms with E-state index in [1.165, 1.54) is 12.1 Å². The summed E-state index contributed by atoms with van der Waals surface area (Å²) in [6.45, 7) is 5.87. The number of benzene rings is 1. The van der Waals surface area contributed by atoms with Gasteiger partial charge >= 0.3 is 0 Å². The molecular formula is C17H18F3N3O. The molecule has 0 radical (unpaired) electrons. The number of aromatic amines is 1. The summed E-state index contributed by atoms with van der Waals surface area (Å²) in [6.07, 6.45) is -1.02. The van der Waals surface area contributed by atoms with Gasteiger partial charge in [0.15, 0.2) is 0 Å². The van der Waals surface area contributed by atoms with Crippen LogP contribution in [0.15, 0.2) is 18.3 Å². The number of hydrogen-bond donors (Lipinski definition) is 2. The average Bonchev–Trinajstić information content (AvgIpc) is 3.05. The molecule has 1 aromatic carbocycles. The van der Waals surface area contributed by atoms with Crippen LogP contribution in [0.4, 0.5) is 18.9 Å². The van der Waals surface area contributed by atoms with Crippen molar-refractivity contribution in [3.05, 3.63) is 46.5 Å². The number of nitrogens with zero attached hydrogens (tertiary/aromatic N) is 1. The van der Waals surface area contributed by atoms with E-state index in [1.54, 1.807) is 0 Å². The number of rotatable bonds is 3. The maximum Gasteiger partial charge on any atom is 0.280 e. The Hall–Kier alpha value is -2.31. The highest BCUT2D eigenvalue weighted by molar-refractivity contribution is 6.05. The van der Waals surface area contributed by atoms with Crippen molar-refractivity contribution in [3.63, 3.8) is 0 Å². The number of alkyl halides is 2. The van der Waals surface area contributed by atoms with Crippen LogP contribution in [-0.4, -0.2) is 16.1 Å². The summed E-state index contributed by atoms with van der Waals surface area (Å²) >= 11 is 0. The second kappa shape index (κ2) is 5.65. The fourth-order valence-corrected chi connectivity index (χ4v) is 3.70. The normalized spacial score (nSPS) is 18.7. The van der Waals surface area contributed by atoms with Crippen molar-refractivity contribution in [3.8, 4) is 0 Å². The Morgan fingerprint density at radius 2 is 2.12 bits per heavy atom. The number of fused-ring (bicyclic) bond motifs is 1. The first-order chi connectivity index (χ1) is 11.2. The zero-order chi connectivity index (χ0) is 17.6. The van der Waals surface area contributed by atoms with Crippen LogP contribution in [-0.2, 0) is 5.41 Å². The minimum Gasteiger partial charge on any atom is -0.322 e. The molecule has 1 heterocycles. The molecule has 2 aromatic rings. The van der Waals surface area contributed by atoms with Crippen LogP contribution in [0.5, 0.6) is 0 Å². The molecule has 0 spiro atoms. The Balaban J connectivity index is 1.99. The van der Waals surface area contributed by atoms with Gasteiger partial charge in [-0.1, -0.05) is 20.8 Å². The van der Waals surface area contributed by atoms with E-state index >= 15 is 0 Å². The van der Waals surface area contributed by atoms with Crippen molar-refractivity contribution in [1.82, 2.24) is 10.2 Å². The van der Waals surface area contributed by atoms with Crippen molar-refractivity contribution in [2.45, 2.75) is 45.0 Å². The van der Waals surface area contributed by atoms with E-state index in [1.807, 2.05) is 20.8 Å². The monoisotopic (exact) mass is 337 g/mol. The fraction of sp³-hybridized carbons (Fsp3) is 0.412. The Bertz CT molecular complexity index is 798. The number of carbonyl (C=O) groups excluding carboxylic acids is 1. The Kier molecular flexibility index (Phi) is 3.89. The smallest absolute Gasteiger partial charge is 0.280 e. The standard InChI is InChI=1S/C17H18F3N3O/c1-8-6-17(2,3)13-10(18)4-5-11(12(8)13)22-16(24)9-7-21-23-14(9)15(19)20/h4-5,7-8,15H,6H2,1-3H3,(H,21,23)(H,22,24)/t8-/m0/s1. The maximum absolute atomic E-state index is 14.3. The second-order valence-corrected chi connectivity index (χ2v) is 6.82. The molecule has 2 N–H and O–H groups in total. The van der Waals surface area contributed by atoms with E-state index in [2.05, 4.69) is 15.5 Å². The van der Waals surface area contributed by atoms with Gasteiger partial charge in [-0.15, -0.1) is 0 Å². The lowest BCUT2D eigenvalue weighted by Crippen LogP contribution is -2.17. The Morgan fingerprint density at radius 1 is 1.42 bits per heavy atom. The minimum atomic E-state index is -2.83. The van der Waals surface area contributed by atoms with Gasteiger partial charge in [0.25, 0.3) is 12.3 Å². The second-order valence-electron chi connectivity index (χ2n) is 6.82. The number of carbonyl (C=O) groups is 1. The van der Waals surface area contributed by atoms with Gasteiger partial charge in [0.2, 0.25) is 0 Å². The highest BCUT2D eigenvalue weighted by atomic mass is 19.3. The SMILES string of the molecule is C[C@H]1CC(C)(C)c2c(F)ccc(NC(=O)c3cn[nH]c3C(F)F)c21. The van der Waals surface area contributed by atoms with Crippen LogP contribution in [0.1, 0.15) is 66.7 Å². The van der Waals surface area contributed by atoms with E-state index in [0.29, 0.717) is 11.3 Å². The largest absolute Gasteiger partial charge is 0.322 e. The van der Waals surface area contributed by atoms with Crippen molar-refractivity contribution in [1.29, 1.82) is 0 Å². The summed E-state index contributed by atoms with van der Waals surface area (Å²) in [5, 5.41) is 8.28. The molecule has 0 unspecified atom stereocenters. The maximum atomic E-state index is 14.3. The molecule has 128 valence electrons. The third-order valence-corrected chi connectivity index (χ3v) is 4.56. The number of anilines is 1. The zero-order valence-electron chi connectivity index (χ0n) is 13.6. The van der Waals surface area contributed by atoms with Crippen LogP contribution in [0.3, 0.4) is 0 Å². The van der Waals surface area contributed by atoms with E-state index in [-0.39, 0.29) is 22.7 Å². The van der Waals surface area contributed by atoms with E-state index < -0.39 is 18.0 Å². The molecular weight excluding hydrogens is 319 g/mol. The first-order valence-corrected chi connectivity index (χ1v) is 7.68. The van der Waals surface area contributed by atoms with Crippen molar-refractivity contribution < 1.29 is 18.0 Å². The van der Waals surface area contributed by atoms with Crippen LogP contribution in [0.2, 0.25) is 0 Å². The predicted octanol–water partition coefficient (Wildman–Crippen LogP) is 4.52. The summed E-state index contributed by atoms with van der Waals surface area (Å²) in [7, 11) is 0. The summed E-state index contributed by atoms with van der Waals surface area (Å²) in [4.78, 5) is 12.4. The summed E-state index contributed by atoms with van der Waals surface area (Å²) in [5.41, 5.74) is 0.677. The molecule has 3 rings (SSSR count). The van der Waals surface area contributed by atoms with Gasteiger partial charge in [-0.3, -0.25) is 9.89 Å². The third kappa shape index (κ3) is 2.57. The molecule has 1 aliphatic carbocycles. The van der Waals surface area contributed by atoms with Crippen LogP contribution >= 0.6 is 0 Å². The summed E-state index contributed by atoms with van der Waals surface area (Å²) < 4.78 is 40.1. The Morgan fingerprint density at radius 3 is 2.79 bits per heavy atom. The van der Waals surface area contributed by atoms with E-state index in [4.69, 9.17) is 0 Å². The number of nitrogens with one attached hydrogen (secondary N) is 2. The predicted molar refractivity (Wildman–Crippen MR) is 84.0 cm³/mol. The molecule has 7 heteroatoms. The zero-order valence-corrected chi connectivity index (χ0v) is 13.6. The summed E-state index contributed by atoms with van der Waals surface area (Å²) in [5.74, 6) is -0.946. The molecule has 4 nitrogen and oxygen atoms in total. The molecule has 1 atom stereocenters. The first-order valence-electron chi connectivity index (χ1n) is 7.68. The molecule has 0 aliphatic heterocycles. The Labute approximate surface area is 137 Å². The minimum absolute atomic E-state index is 0.0555. The molecule has 0 saturated heterocycles. The lowest BCUT2D eigenvalue weighted by Gasteiger charge is -2.20. The average molecular weight is 337 g/mol. The lowest BCUT2D eigenvalue weighted by atomic mass is 9.85. The van der Waals surface area contributed by atoms with Gasteiger partial charge in [-0.05, 0) is 41.0 Å².